The summed E-state index contributed by atoms with van der Waals surface area (Å²) >= 11 is 0. The predicted octanol–water partition coefficient (Wildman–Crippen LogP) is 8.79. The highest BCUT2D eigenvalue weighted by Crippen LogP contribution is 2.38. The molecular formula is C33H39Si2-. The van der Waals surface area contributed by atoms with E-state index >= 15 is 0 Å². The van der Waals surface area contributed by atoms with Crippen LogP contribution < -0.4 is 5.19 Å². The number of allylic oxidation sites excluding steroid dienone is 6. The van der Waals surface area contributed by atoms with Gasteiger partial charge in [-0.15, -0.1) is 41.0 Å². The lowest BCUT2D eigenvalue weighted by Gasteiger charge is -2.31. The van der Waals surface area contributed by atoms with E-state index in [1.165, 1.54) is 38.2 Å². The third-order valence-electron chi connectivity index (χ3n) is 7.01. The summed E-state index contributed by atoms with van der Waals surface area (Å²) in [5, 5.41) is 3.02. The van der Waals surface area contributed by atoms with Crippen LogP contribution in [0.5, 0.6) is 0 Å². The molecule has 180 valence electrons. The van der Waals surface area contributed by atoms with Gasteiger partial charge in [0, 0.05) is 14.0 Å². The van der Waals surface area contributed by atoms with Crippen LogP contribution in [0, 0.1) is 6.42 Å². The quantitative estimate of drug-likeness (QED) is 0.229. The smallest absolute Gasteiger partial charge is 0.0775 e. The predicted molar refractivity (Wildman–Crippen MR) is 161 cm³/mol. The van der Waals surface area contributed by atoms with Crippen molar-refractivity contribution >= 4 is 26.9 Å². The third kappa shape index (κ3) is 6.25. The minimum atomic E-state index is -1.34. The van der Waals surface area contributed by atoms with E-state index < -0.39 is 16.1 Å². The fraction of sp³-hybridized carbons (Fsp3) is 0.242. The zero-order chi connectivity index (χ0) is 25.1. The van der Waals surface area contributed by atoms with E-state index in [0.717, 1.165) is 6.42 Å². The summed E-state index contributed by atoms with van der Waals surface area (Å²) in [6, 6.07) is 31.5. The van der Waals surface area contributed by atoms with Gasteiger partial charge in [0.1, 0.15) is 0 Å². The Morgan fingerprint density at radius 1 is 0.657 bits per heavy atom. The van der Waals surface area contributed by atoms with Gasteiger partial charge in [-0.25, -0.2) is 0 Å². The second kappa shape index (κ2) is 10.4. The van der Waals surface area contributed by atoms with E-state index in [0.29, 0.717) is 5.92 Å². The summed E-state index contributed by atoms with van der Waals surface area (Å²) in [5.74, 6) is 0.306. The summed E-state index contributed by atoms with van der Waals surface area (Å²) in [4.78, 5) is 0. The molecule has 0 saturated carbocycles. The molecule has 0 aromatic heterocycles. The molecule has 0 spiro atoms. The van der Waals surface area contributed by atoms with Crippen molar-refractivity contribution in [2.45, 2.75) is 51.6 Å². The number of hydrogen-bond acceptors (Lipinski definition) is 0. The zero-order valence-electron chi connectivity index (χ0n) is 22.2. The number of hydrogen-bond donors (Lipinski definition) is 0. The number of rotatable bonds is 7. The summed E-state index contributed by atoms with van der Waals surface area (Å²) in [5.41, 5.74) is 6.84. The van der Waals surface area contributed by atoms with Crippen molar-refractivity contribution in [3.8, 4) is 0 Å². The average Bonchev–Trinajstić information content (AvgIpc) is 2.85. The molecule has 2 heteroatoms. The van der Waals surface area contributed by atoms with Gasteiger partial charge in [-0.3, -0.25) is 0 Å². The van der Waals surface area contributed by atoms with Crippen molar-refractivity contribution in [3.05, 3.63) is 137 Å². The van der Waals surface area contributed by atoms with Crippen molar-refractivity contribution in [3.63, 3.8) is 0 Å². The van der Waals surface area contributed by atoms with Crippen LogP contribution in [-0.4, -0.2) is 16.1 Å². The van der Waals surface area contributed by atoms with Gasteiger partial charge >= 0.3 is 0 Å². The Kier molecular flexibility index (Phi) is 7.54. The largest absolute Gasteiger partial charge is 0.145 e. The first-order chi connectivity index (χ1) is 16.6. The fourth-order valence-corrected chi connectivity index (χ4v) is 7.08. The molecule has 35 heavy (non-hydrogen) atoms. The van der Waals surface area contributed by atoms with E-state index in [2.05, 4.69) is 149 Å². The van der Waals surface area contributed by atoms with Crippen LogP contribution in [0.4, 0.5) is 0 Å². The molecule has 1 aliphatic rings. The molecule has 0 fully saturated rings. The Bertz CT molecular complexity index is 1180. The van der Waals surface area contributed by atoms with E-state index in [-0.39, 0.29) is 0 Å². The molecule has 0 aliphatic heterocycles. The Hall–Kier alpha value is -2.82. The Labute approximate surface area is 215 Å². The van der Waals surface area contributed by atoms with Crippen LogP contribution in [-0.2, 0) is 0 Å². The normalized spacial score (nSPS) is 15.6. The van der Waals surface area contributed by atoms with Crippen LogP contribution >= 0.6 is 0 Å². The highest BCUT2D eigenvalue weighted by Gasteiger charge is 2.20. The van der Waals surface area contributed by atoms with Crippen LogP contribution in [0.2, 0.25) is 39.3 Å². The summed E-state index contributed by atoms with van der Waals surface area (Å²) in [7, 11) is -2.68. The maximum absolute atomic E-state index is 2.42. The molecule has 0 amide bonds. The minimum absolute atomic E-state index is 0.306. The SMILES string of the molecule is C[Si](C)(C)C1=C[CH-]/C(=C(/CC(c2ccccc2)c2ccccc2)c2ccc([Si](C)(C)C)cc2)C=C1. The fourth-order valence-electron chi connectivity index (χ4n) is 4.75. The van der Waals surface area contributed by atoms with E-state index in [1.54, 1.807) is 0 Å². The molecule has 4 rings (SSSR count). The van der Waals surface area contributed by atoms with Crippen molar-refractivity contribution in [1.82, 2.24) is 0 Å². The van der Waals surface area contributed by atoms with Gasteiger partial charge in [0.25, 0.3) is 0 Å². The van der Waals surface area contributed by atoms with Gasteiger partial charge in [-0.2, -0.15) is 0 Å². The van der Waals surface area contributed by atoms with Gasteiger partial charge in [0.2, 0.25) is 0 Å². The Balaban J connectivity index is 1.80. The summed E-state index contributed by atoms with van der Waals surface area (Å²) in [6.45, 7) is 14.5. The first-order valence-electron chi connectivity index (χ1n) is 12.8. The van der Waals surface area contributed by atoms with Crippen LogP contribution in [0.25, 0.3) is 5.57 Å². The monoisotopic (exact) mass is 491 g/mol. The van der Waals surface area contributed by atoms with Crippen LogP contribution in [0.1, 0.15) is 29.0 Å². The Morgan fingerprint density at radius 2 is 1.20 bits per heavy atom. The summed E-state index contributed by atoms with van der Waals surface area (Å²) in [6.07, 6.45) is 10.4. The molecule has 3 aromatic carbocycles. The number of benzene rings is 3. The van der Waals surface area contributed by atoms with Crippen molar-refractivity contribution in [1.29, 1.82) is 0 Å². The lowest BCUT2D eigenvalue weighted by Crippen LogP contribution is -2.37. The topological polar surface area (TPSA) is 0 Å². The highest BCUT2D eigenvalue weighted by atomic mass is 28.3. The molecule has 3 aromatic rings. The van der Waals surface area contributed by atoms with Crippen LogP contribution in [0.3, 0.4) is 0 Å². The van der Waals surface area contributed by atoms with Crippen molar-refractivity contribution < 1.29 is 0 Å². The minimum Gasteiger partial charge on any atom is -0.145 e. The summed E-state index contributed by atoms with van der Waals surface area (Å²) < 4.78 is 0. The van der Waals surface area contributed by atoms with E-state index in [4.69, 9.17) is 0 Å². The van der Waals surface area contributed by atoms with Gasteiger partial charge < -0.3 is 0 Å². The van der Waals surface area contributed by atoms with Gasteiger partial charge in [-0.1, -0.05) is 141 Å². The standard InChI is InChI=1S/C33H39Si2/c1-34(2,3)30-21-17-28(18-22-30)33(29-19-23-31(24-20-29)35(4,5)6)25-32(26-13-9-7-10-14-26)27-15-11-8-12-16-27/h7-24,32H,25H2,1-6H3/q-1. The molecule has 1 aliphatic carbocycles. The molecule has 0 saturated heterocycles. The molecule has 0 atom stereocenters. The van der Waals surface area contributed by atoms with Crippen LogP contribution in [0.15, 0.2) is 114 Å². The first kappa shape index (κ1) is 25.3. The maximum atomic E-state index is 2.42. The second-order valence-electron chi connectivity index (χ2n) is 11.7. The average molecular weight is 492 g/mol. The van der Waals surface area contributed by atoms with Crippen molar-refractivity contribution in [2.75, 3.05) is 0 Å². The zero-order valence-corrected chi connectivity index (χ0v) is 24.2. The highest BCUT2D eigenvalue weighted by molar-refractivity contribution is 6.88. The molecule has 0 nitrogen and oxygen atoms in total. The van der Waals surface area contributed by atoms with Gasteiger partial charge in [0.15, 0.2) is 0 Å². The molecule has 0 bridgehead atoms. The van der Waals surface area contributed by atoms with Gasteiger partial charge in [0.05, 0.1) is 8.07 Å². The van der Waals surface area contributed by atoms with Crippen molar-refractivity contribution in [2.24, 2.45) is 0 Å². The molecule has 0 heterocycles. The lowest BCUT2D eigenvalue weighted by molar-refractivity contribution is 0.839. The third-order valence-corrected chi connectivity index (χ3v) is 11.1. The molecular weight excluding hydrogens is 453 g/mol. The molecule has 0 N–H and O–H groups in total. The second-order valence-corrected chi connectivity index (χ2v) is 21.9. The molecule has 0 unspecified atom stereocenters. The first-order valence-corrected chi connectivity index (χ1v) is 19.8. The lowest BCUT2D eigenvalue weighted by atomic mass is 9.81. The molecule has 0 radical (unpaired) electrons. The Morgan fingerprint density at radius 3 is 1.63 bits per heavy atom. The maximum Gasteiger partial charge on any atom is 0.0775 e. The van der Waals surface area contributed by atoms with Gasteiger partial charge in [-0.05, 0) is 11.1 Å². The van der Waals surface area contributed by atoms with E-state index in [1.807, 2.05) is 0 Å². The van der Waals surface area contributed by atoms with E-state index in [9.17, 15) is 0 Å².